The number of nitrogens with zero attached hydrogens (tertiary/aromatic N) is 4. The molecule has 2 aromatic heterocycles. The first-order valence-corrected chi connectivity index (χ1v) is 11.0. The Balaban J connectivity index is 2.03. The number of halogens is 1. The van der Waals surface area contributed by atoms with E-state index in [9.17, 15) is 4.79 Å². The average Bonchev–Trinajstić information content (AvgIpc) is 3.18. The van der Waals surface area contributed by atoms with Crippen LogP contribution >= 0.6 is 22.9 Å². The quantitative estimate of drug-likeness (QED) is 0.537. The minimum atomic E-state index is -0.929. The van der Waals surface area contributed by atoms with Crippen molar-refractivity contribution in [3.05, 3.63) is 62.5 Å². The zero-order chi connectivity index (χ0) is 21.6. The molecule has 3 aromatic rings. The summed E-state index contributed by atoms with van der Waals surface area (Å²) in [6.45, 7) is 10.2. The molecule has 1 aliphatic rings. The molecule has 0 saturated carbocycles. The molecule has 0 N–H and O–H groups in total. The van der Waals surface area contributed by atoms with Crippen LogP contribution < -0.4 is 0 Å². The Kier molecular flexibility index (Phi) is 5.28. The molecule has 156 valence electrons. The highest BCUT2D eigenvalue weighted by Gasteiger charge is 2.40. The summed E-state index contributed by atoms with van der Waals surface area (Å²) in [5.74, 6) is 1.08. The highest BCUT2D eigenvalue weighted by atomic mass is 35.5. The first-order chi connectivity index (χ1) is 14.2. The van der Waals surface area contributed by atoms with Crippen molar-refractivity contribution in [3.63, 3.8) is 0 Å². The van der Waals surface area contributed by atoms with Crippen molar-refractivity contribution in [1.29, 1.82) is 0 Å². The van der Waals surface area contributed by atoms with Gasteiger partial charge in [0.25, 0.3) is 0 Å². The van der Waals surface area contributed by atoms with Crippen LogP contribution in [-0.2, 0) is 15.1 Å². The number of carbonyl (C=O) groups is 1. The van der Waals surface area contributed by atoms with Crippen LogP contribution in [0.3, 0.4) is 0 Å². The van der Waals surface area contributed by atoms with Crippen LogP contribution in [-0.4, -0.2) is 33.1 Å². The van der Waals surface area contributed by atoms with Gasteiger partial charge in [-0.2, -0.15) is 0 Å². The molecule has 0 spiro atoms. The minimum Gasteiger partial charge on any atom is -0.466 e. The molecule has 0 fully saturated rings. The van der Waals surface area contributed by atoms with Crippen LogP contribution in [0, 0.1) is 20.8 Å². The van der Waals surface area contributed by atoms with Crippen molar-refractivity contribution in [2.24, 2.45) is 4.99 Å². The van der Waals surface area contributed by atoms with E-state index < -0.39 is 5.54 Å². The molecular formula is C22H23ClN4O2S. The Labute approximate surface area is 184 Å². The van der Waals surface area contributed by atoms with E-state index in [2.05, 4.69) is 24.0 Å². The van der Waals surface area contributed by atoms with Crippen LogP contribution in [0.5, 0.6) is 0 Å². The number of esters is 1. The van der Waals surface area contributed by atoms with E-state index in [1.807, 2.05) is 42.7 Å². The Bertz CT molecular complexity index is 1160. The van der Waals surface area contributed by atoms with Gasteiger partial charge in [0.1, 0.15) is 16.4 Å². The molecule has 0 amide bonds. The average molecular weight is 443 g/mol. The largest absolute Gasteiger partial charge is 0.466 e. The predicted molar refractivity (Wildman–Crippen MR) is 119 cm³/mol. The van der Waals surface area contributed by atoms with Crippen LogP contribution in [0.2, 0.25) is 5.02 Å². The number of hydrogen-bond donors (Lipinski definition) is 0. The molecule has 1 atom stereocenters. The Morgan fingerprint density at radius 3 is 2.57 bits per heavy atom. The van der Waals surface area contributed by atoms with Crippen molar-refractivity contribution in [2.75, 3.05) is 6.61 Å². The maximum Gasteiger partial charge on any atom is 0.308 e. The van der Waals surface area contributed by atoms with Gasteiger partial charge in [0.15, 0.2) is 5.82 Å². The third-order valence-electron chi connectivity index (χ3n) is 5.38. The van der Waals surface area contributed by atoms with Gasteiger partial charge in [0.05, 0.1) is 18.7 Å². The number of hydrogen-bond acceptors (Lipinski definition) is 6. The van der Waals surface area contributed by atoms with Crippen molar-refractivity contribution in [3.8, 4) is 5.00 Å². The van der Waals surface area contributed by atoms with E-state index >= 15 is 0 Å². The molecule has 8 heteroatoms. The molecule has 30 heavy (non-hydrogen) atoms. The van der Waals surface area contributed by atoms with E-state index in [0.717, 1.165) is 33.2 Å². The maximum atomic E-state index is 12.5. The summed E-state index contributed by atoms with van der Waals surface area (Å²) in [5, 5.41) is 10.4. The summed E-state index contributed by atoms with van der Waals surface area (Å²) in [6, 6.07) is 7.63. The van der Waals surface area contributed by atoms with Crippen LogP contribution in [0.1, 0.15) is 53.5 Å². The standard InChI is InChI=1S/C22H23ClN4O2S/c1-6-29-17(28)11-22(5)21-26-25-14(4)27(21)20-18(12(2)13(3)30-20)19(24-22)15-7-9-16(23)10-8-15/h7-10H,6,11H2,1-5H3. The lowest BCUT2D eigenvalue weighted by atomic mass is 9.95. The fraction of sp³-hybridized carbons (Fsp3) is 0.364. The summed E-state index contributed by atoms with van der Waals surface area (Å²) >= 11 is 7.82. The molecular weight excluding hydrogens is 420 g/mol. The molecule has 0 bridgehead atoms. The van der Waals surface area contributed by atoms with Gasteiger partial charge >= 0.3 is 5.97 Å². The predicted octanol–water partition coefficient (Wildman–Crippen LogP) is 4.93. The van der Waals surface area contributed by atoms with Gasteiger partial charge in [-0.05, 0) is 52.3 Å². The molecule has 1 aliphatic heterocycles. The minimum absolute atomic E-state index is 0.0725. The van der Waals surface area contributed by atoms with Crippen molar-refractivity contribution in [1.82, 2.24) is 14.8 Å². The van der Waals surface area contributed by atoms with Gasteiger partial charge < -0.3 is 4.74 Å². The number of rotatable bonds is 4. The SMILES string of the molecule is CCOC(=O)CC1(C)N=C(c2ccc(Cl)cc2)c2c(sc(C)c2C)-n2c(C)nnc21. The van der Waals surface area contributed by atoms with Gasteiger partial charge in [0.2, 0.25) is 0 Å². The Morgan fingerprint density at radius 1 is 1.20 bits per heavy atom. The molecule has 0 aliphatic carbocycles. The molecule has 6 nitrogen and oxygen atoms in total. The summed E-state index contributed by atoms with van der Waals surface area (Å²) in [7, 11) is 0. The lowest BCUT2D eigenvalue weighted by Crippen LogP contribution is -2.29. The molecule has 1 unspecified atom stereocenters. The van der Waals surface area contributed by atoms with Gasteiger partial charge in [0, 0.05) is 21.0 Å². The van der Waals surface area contributed by atoms with E-state index in [4.69, 9.17) is 21.3 Å². The zero-order valence-corrected chi connectivity index (χ0v) is 19.2. The van der Waals surface area contributed by atoms with Gasteiger partial charge in [-0.1, -0.05) is 23.7 Å². The second-order valence-electron chi connectivity index (χ2n) is 7.59. The second kappa shape index (κ2) is 7.63. The number of fused-ring (bicyclic) bond motifs is 3. The summed E-state index contributed by atoms with van der Waals surface area (Å²) in [4.78, 5) is 18.9. The summed E-state index contributed by atoms with van der Waals surface area (Å²) in [5.41, 5.74) is 3.02. The van der Waals surface area contributed by atoms with Crippen molar-refractivity contribution < 1.29 is 9.53 Å². The monoisotopic (exact) mass is 442 g/mol. The van der Waals surface area contributed by atoms with Crippen LogP contribution in [0.25, 0.3) is 5.00 Å². The number of thiophene rings is 1. The summed E-state index contributed by atoms with van der Waals surface area (Å²) < 4.78 is 7.28. The molecule has 3 heterocycles. The molecule has 0 radical (unpaired) electrons. The van der Waals surface area contributed by atoms with Gasteiger partial charge in [-0.25, -0.2) is 0 Å². The van der Waals surface area contributed by atoms with Crippen LogP contribution in [0.15, 0.2) is 29.3 Å². The molecule has 1 aromatic carbocycles. The smallest absolute Gasteiger partial charge is 0.308 e. The topological polar surface area (TPSA) is 69.4 Å². The van der Waals surface area contributed by atoms with E-state index in [1.54, 1.807) is 18.3 Å². The third-order valence-corrected chi connectivity index (χ3v) is 6.83. The second-order valence-corrected chi connectivity index (χ2v) is 9.23. The molecule has 4 rings (SSSR count). The first-order valence-electron chi connectivity index (χ1n) is 9.79. The summed E-state index contributed by atoms with van der Waals surface area (Å²) in [6.07, 6.45) is 0.0725. The highest BCUT2D eigenvalue weighted by molar-refractivity contribution is 7.15. The lowest BCUT2D eigenvalue weighted by Gasteiger charge is -2.23. The fourth-order valence-corrected chi connectivity index (χ4v) is 5.11. The third kappa shape index (κ3) is 3.36. The number of carbonyl (C=O) groups excluding carboxylic acids is 1. The number of aliphatic imine (C=N–C) groups is 1. The maximum absolute atomic E-state index is 12.5. The van der Waals surface area contributed by atoms with Gasteiger partial charge in [-0.15, -0.1) is 21.5 Å². The zero-order valence-electron chi connectivity index (χ0n) is 17.6. The van der Waals surface area contributed by atoms with E-state index in [0.29, 0.717) is 17.5 Å². The fourth-order valence-electron chi connectivity index (χ4n) is 3.78. The molecule has 0 saturated heterocycles. The van der Waals surface area contributed by atoms with E-state index in [1.165, 1.54) is 4.88 Å². The lowest BCUT2D eigenvalue weighted by molar-refractivity contribution is -0.144. The highest BCUT2D eigenvalue weighted by Crippen LogP contribution is 2.42. The van der Waals surface area contributed by atoms with Crippen LogP contribution in [0.4, 0.5) is 0 Å². The van der Waals surface area contributed by atoms with Crippen molar-refractivity contribution in [2.45, 2.75) is 46.6 Å². The number of ether oxygens (including phenoxy) is 1. The normalized spacial score (nSPS) is 17.7. The first kappa shape index (κ1) is 20.8. The number of aromatic nitrogens is 3. The van der Waals surface area contributed by atoms with Crippen molar-refractivity contribution >= 4 is 34.6 Å². The van der Waals surface area contributed by atoms with Gasteiger partial charge in [-0.3, -0.25) is 14.4 Å². The Morgan fingerprint density at radius 2 is 1.90 bits per heavy atom. The Hall–Kier alpha value is -2.51. The number of aryl methyl sites for hydroxylation is 2. The van der Waals surface area contributed by atoms with E-state index in [-0.39, 0.29) is 12.4 Å². The number of benzene rings is 1.